The van der Waals surface area contributed by atoms with Gasteiger partial charge in [0.2, 0.25) is 0 Å². The van der Waals surface area contributed by atoms with E-state index in [1.54, 1.807) is 25.1 Å². The summed E-state index contributed by atoms with van der Waals surface area (Å²) >= 11 is 9.19. The van der Waals surface area contributed by atoms with Gasteiger partial charge in [-0.05, 0) is 25.1 Å². The molecule has 1 aromatic rings. The molecule has 0 radical (unpaired) electrons. The van der Waals surface area contributed by atoms with Crippen molar-refractivity contribution in [2.24, 2.45) is 0 Å². The predicted molar refractivity (Wildman–Crippen MR) is 61.3 cm³/mol. The van der Waals surface area contributed by atoms with Crippen LogP contribution in [-0.4, -0.2) is 19.2 Å². The van der Waals surface area contributed by atoms with Gasteiger partial charge in [0.25, 0.3) is 0 Å². The smallest absolute Gasteiger partial charge is 0.346 e. The van der Waals surface area contributed by atoms with Crippen LogP contribution in [0.25, 0.3) is 0 Å². The highest BCUT2D eigenvalue weighted by atomic mass is 79.9. The molecule has 0 N–H and O–H groups in total. The molecule has 1 rings (SSSR count). The summed E-state index contributed by atoms with van der Waals surface area (Å²) in [6.07, 6.45) is -0.673. The largest absolute Gasteiger partial charge is 0.477 e. The minimum atomic E-state index is -0.673. The van der Waals surface area contributed by atoms with E-state index in [4.69, 9.17) is 16.3 Å². The van der Waals surface area contributed by atoms with Crippen LogP contribution in [0.1, 0.15) is 6.92 Å². The molecule has 0 saturated carbocycles. The molecule has 0 bridgehead atoms. The lowest BCUT2D eigenvalue weighted by Gasteiger charge is -2.13. The molecule has 0 aliphatic heterocycles. The average molecular weight is 294 g/mol. The molecule has 0 aliphatic rings. The molecule has 1 atom stereocenters. The molecular weight excluding hydrogens is 283 g/mol. The fraction of sp³-hybridized carbons (Fsp3) is 0.300. The van der Waals surface area contributed by atoms with Gasteiger partial charge in [0, 0.05) is 4.47 Å². The standard InChI is InChI=1S/C10H10BrClO3/c1-6(10(13)14-2)15-9-4-3-7(11)5-8(9)12/h3-6H,1-2H3/t6-/m1/s1. The van der Waals surface area contributed by atoms with Gasteiger partial charge in [0.1, 0.15) is 5.75 Å². The molecule has 0 aliphatic carbocycles. The minimum absolute atomic E-state index is 0.436. The Labute approximate surface area is 101 Å². The summed E-state index contributed by atoms with van der Waals surface area (Å²) in [6.45, 7) is 1.60. The van der Waals surface area contributed by atoms with Crippen molar-refractivity contribution in [3.8, 4) is 5.75 Å². The second kappa shape index (κ2) is 5.37. The number of benzene rings is 1. The summed E-state index contributed by atoms with van der Waals surface area (Å²) in [5.74, 6) is 0.0201. The lowest BCUT2D eigenvalue weighted by Crippen LogP contribution is -2.24. The maximum absolute atomic E-state index is 11.1. The summed E-state index contributed by atoms with van der Waals surface area (Å²) < 4.78 is 10.7. The van der Waals surface area contributed by atoms with Gasteiger partial charge in [-0.3, -0.25) is 0 Å². The highest BCUT2D eigenvalue weighted by Crippen LogP contribution is 2.28. The van der Waals surface area contributed by atoms with Crippen LogP contribution in [0.4, 0.5) is 0 Å². The van der Waals surface area contributed by atoms with Crippen LogP contribution in [-0.2, 0) is 9.53 Å². The Morgan fingerprint density at radius 2 is 2.20 bits per heavy atom. The number of ether oxygens (including phenoxy) is 2. The normalized spacial score (nSPS) is 12.0. The van der Waals surface area contributed by atoms with Crippen molar-refractivity contribution < 1.29 is 14.3 Å². The molecule has 3 nitrogen and oxygen atoms in total. The number of halogens is 2. The second-order valence-electron chi connectivity index (χ2n) is 2.86. The van der Waals surface area contributed by atoms with Gasteiger partial charge in [-0.15, -0.1) is 0 Å². The van der Waals surface area contributed by atoms with E-state index in [9.17, 15) is 4.79 Å². The van der Waals surface area contributed by atoms with Crippen LogP contribution in [0.15, 0.2) is 22.7 Å². The first-order chi connectivity index (χ1) is 7.04. The van der Waals surface area contributed by atoms with Crippen molar-refractivity contribution in [1.82, 2.24) is 0 Å². The number of carbonyl (C=O) groups is 1. The molecule has 0 saturated heterocycles. The van der Waals surface area contributed by atoms with E-state index in [-0.39, 0.29) is 0 Å². The Hall–Kier alpha value is -0.740. The molecule has 15 heavy (non-hydrogen) atoms. The van der Waals surface area contributed by atoms with Crippen LogP contribution < -0.4 is 4.74 Å². The van der Waals surface area contributed by atoms with Gasteiger partial charge in [0.05, 0.1) is 12.1 Å². The first kappa shape index (κ1) is 12.3. The SMILES string of the molecule is COC(=O)[C@@H](C)Oc1ccc(Br)cc1Cl. The number of esters is 1. The van der Waals surface area contributed by atoms with E-state index in [2.05, 4.69) is 20.7 Å². The Kier molecular flexibility index (Phi) is 4.42. The lowest BCUT2D eigenvalue weighted by atomic mass is 10.3. The van der Waals surface area contributed by atoms with Crippen LogP contribution in [0, 0.1) is 0 Å². The van der Waals surface area contributed by atoms with Gasteiger partial charge in [-0.1, -0.05) is 27.5 Å². The first-order valence-electron chi connectivity index (χ1n) is 4.24. The fourth-order valence-corrected chi connectivity index (χ4v) is 1.69. The van der Waals surface area contributed by atoms with Crippen molar-refractivity contribution in [3.63, 3.8) is 0 Å². The molecular formula is C10H10BrClO3. The van der Waals surface area contributed by atoms with Crippen molar-refractivity contribution in [2.45, 2.75) is 13.0 Å². The quantitative estimate of drug-likeness (QED) is 0.804. The van der Waals surface area contributed by atoms with Gasteiger partial charge in [-0.25, -0.2) is 4.79 Å². The second-order valence-corrected chi connectivity index (χ2v) is 4.18. The Bertz CT molecular complexity index is 368. The maximum atomic E-state index is 11.1. The van der Waals surface area contributed by atoms with E-state index >= 15 is 0 Å². The highest BCUT2D eigenvalue weighted by Gasteiger charge is 2.16. The van der Waals surface area contributed by atoms with Crippen molar-refractivity contribution in [3.05, 3.63) is 27.7 Å². The highest BCUT2D eigenvalue weighted by molar-refractivity contribution is 9.10. The van der Waals surface area contributed by atoms with E-state index < -0.39 is 12.1 Å². The third-order valence-corrected chi connectivity index (χ3v) is 2.52. The molecule has 0 unspecified atom stereocenters. The van der Waals surface area contributed by atoms with Gasteiger partial charge < -0.3 is 9.47 Å². The fourth-order valence-electron chi connectivity index (χ4n) is 0.975. The van der Waals surface area contributed by atoms with Crippen molar-refractivity contribution in [1.29, 1.82) is 0 Å². The maximum Gasteiger partial charge on any atom is 0.346 e. The zero-order valence-electron chi connectivity index (χ0n) is 8.29. The van der Waals surface area contributed by atoms with Crippen LogP contribution in [0.2, 0.25) is 5.02 Å². The van der Waals surface area contributed by atoms with Crippen molar-refractivity contribution >= 4 is 33.5 Å². The summed E-state index contributed by atoms with van der Waals surface area (Å²) in [4.78, 5) is 11.1. The number of methoxy groups -OCH3 is 1. The van der Waals surface area contributed by atoms with Crippen molar-refractivity contribution in [2.75, 3.05) is 7.11 Å². The number of hydrogen-bond donors (Lipinski definition) is 0. The molecule has 0 heterocycles. The van der Waals surface area contributed by atoms with E-state index in [1.165, 1.54) is 7.11 Å². The van der Waals surface area contributed by atoms with Crippen LogP contribution in [0.3, 0.4) is 0 Å². The Morgan fingerprint density at radius 1 is 1.53 bits per heavy atom. The summed E-state index contributed by atoms with van der Waals surface area (Å²) in [7, 11) is 1.31. The number of rotatable bonds is 3. The third kappa shape index (κ3) is 3.39. The summed E-state index contributed by atoms with van der Waals surface area (Å²) in [5, 5.41) is 0.445. The lowest BCUT2D eigenvalue weighted by molar-refractivity contribution is -0.147. The van der Waals surface area contributed by atoms with Crippen LogP contribution in [0.5, 0.6) is 5.75 Å². The van der Waals surface area contributed by atoms with Gasteiger partial charge in [0.15, 0.2) is 6.10 Å². The number of carbonyl (C=O) groups excluding carboxylic acids is 1. The molecule has 5 heteroatoms. The monoisotopic (exact) mass is 292 g/mol. The predicted octanol–water partition coefficient (Wildman–Crippen LogP) is 3.04. The molecule has 0 amide bonds. The molecule has 82 valence electrons. The molecule has 0 fully saturated rings. The Morgan fingerprint density at radius 3 is 2.73 bits per heavy atom. The van der Waals surface area contributed by atoms with Crippen LogP contribution >= 0.6 is 27.5 Å². The van der Waals surface area contributed by atoms with E-state index in [1.807, 2.05) is 0 Å². The molecule has 0 spiro atoms. The Balaban J connectivity index is 2.76. The van der Waals surface area contributed by atoms with E-state index in [0.29, 0.717) is 10.8 Å². The third-order valence-electron chi connectivity index (χ3n) is 1.73. The van der Waals surface area contributed by atoms with E-state index in [0.717, 1.165) is 4.47 Å². The first-order valence-corrected chi connectivity index (χ1v) is 5.41. The molecule has 0 aromatic heterocycles. The summed E-state index contributed by atoms with van der Waals surface area (Å²) in [5.41, 5.74) is 0. The van der Waals surface area contributed by atoms with Gasteiger partial charge in [-0.2, -0.15) is 0 Å². The molecule has 1 aromatic carbocycles. The topological polar surface area (TPSA) is 35.5 Å². The zero-order chi connectivity index (χ0) is 11.4. The number of hydrogen-bond acceptors (Lipinski definition) is 3. The minimum Gasteiger partial charge on any atom is -0.477 e. The average Bonchev–Trinajstić information content (AvgIpc) is 2.20. The summed E-state index contributed by atoms with van der Waals surface area (Å²) in [6, 6.07) is 5.16. The van der Waals surface area contributed by atoms with Gasteiger partial charge >= 0.3 is 5.97 Å². The zero-order valence-corrected chi connectivity index (χ0v) is 10.6.